The van der Waals surface area contributed by atoms with Gasteiger partial charge in [0.25, 0.3) is 15.9 Å². The molecule has 0 saturated heterocycles. The number of nitrogens with zero attached hydrogens (tertiary/aromatic N) is 1. The summed E-state index contributed by atoms with van der Waals surface area (Å²) in [6.07, 6.45) is 2.00. The number of hydrogen-bond acceptors (Lipinski definition) is 5. The van der Waals surface area contributed by atoms with Crippen molar-refractivity contribution in [2.24, 2.45) is 0 Å². The molecule has 1 aromatic rings. The van der Waals surface area contributed by atoms with Gasteiger partial charge in [-0.15, -0.1) is 0 Å². The van der Waals surface area contributed by atoms with E-state index in [-0.39, 0.29) is 30.0 Å². The minimum absolute atomic E-state index is 0.0481. The van der Waals surface area contributed by atoms with Gasteiger partial charge in [-0.3, -0.25) is 9.59 Å². The molecule has 130 valence electrons. The van der Waals surface area contributed by atoms with Gasteiger partial charge in [0, 0.05) is 13.0 Å². The van der Waals surface area contributed by atoms with E-state index in [1.807, 2.05) is 30.3 Å². The van der Waals surface area contributed by atoms with E-state index in [1.54, 1.807) is 0 Å². The maximum Gasteiger partial charge on any atom is 0.306 e. The fourth-order valence-electron chi connectivity index (χ4n) is 2.22. The molecule has 0 N–H and O–H groups in total. The van der Waals surface area contributed by atoms with Crippen LogP contribution >= 0.6 is 15.9 Å². The summed E-state index contributed by atoms with van der Waals surface area (Å²) in [4.78, 5) is 23.3. The van der Waals surface area contributed by atoms with Crippen molar-refractivity contribution in [3.8, 4) is 0 Å². The number of rotatable bonds is 8. The smallest absolute Gasteiger partial charge is 0.306 e. The largest absolute Gasteiger partial charge is 0.461 e. The fraction of sp³-hybridized carbons (Fsp3) is 0.375. The van der Waals surface area contributed by atoms with Crippen molar-refractivity contribution >= 4 is 37.8 Å². The molecule has 24 heavy (non-hydrogen) atoms. The number of sulfonamides is 1. The number of benzene rings is 1. The molecule has 8 heteroatoms. The first-order chi connectivity index (χ1) is 11.4. The zero-order valence-electron chi connectivity index (χ0n) is 13.0. The van der Waals surface area contributed by atoms with E-state index in [4.69, 9.17) is 4.74 Å². The number of amides is 1. The van der Waals surface area contributed by atoms with E-state index >= 15 is 0 Å². The van der Waals surface area contributed by atoms with Crippen LogP contribution in [0.1, 0.15) is 31.2 Å². The molecule has 0 fully saturated rings. The topological polar surface area (TPSA) is 80.8 Å². The molecule has 1 heterocycles. The molecule has 0 atom stereocenters. The van der Waals surface area contributed by atoms with Gasteiger partial charge in [0.2, 0.25) is 0 Å². The molecule has 0 spiro atoms. The minimum atomic E-state index is -3.64. The molecule has 1 aliphatic heterocycles. The number of ether oxygens (including phenoxy) is 1. The standard InChI is InChI=1S/C16H18BrNO5S/c17-14-12-24(21,22)18(16(14)20)10-6-2-5-9-15(19)23-11-13-7-3-1-4-8-13/h1,3-4,7-8,12H,2,5-6,9-11H2. The van der Waals surface area contributed by atoms with E-state index in [2.05, 4.69) is 15.9 Å². The maximum atomic E-state index is 11.7. The summed E-state index contributed by atoms with van der Waals surface area (Å²) >= 11 is 2.93. The zero-order chi connectivity index (χ0) is 17.6. The maximum absolute atomic E-state index is 11.7. The average molecular weight is 416 g/mol. The van der Waals surface area contributed by atoms with E-state index in [1.165, 1.54) is 0 Å². The Balaban J connectivity index is 1.62. The van der Waals surface area contributed by atoms with Crippen molar-refractivity contribution in [1.29, 1.82) is 0 Å². The zero-order valence-corrected chi connectivity index (χ0v) is 15.4. The van der Waals surface area contributed by atoms with Gasteiger partial charge in [-0.05, 0) is 34.3 Å². The van der Waals surface area contributed by atoms with Crippen LogP contribution in [0.15, 0.2) is 40.2 Å². The molecule has 0 aromatic heterocycles. The van der Waals surface area contributed by atoms with Crippen LogP contribution < -0.4 is 0 Å². The normalized spacial score (nSPS) is 16.1. The number of esters is 1. The molecule has 0 aliphatic carbocycles. The van der Waals surface area contributed by atoms with Gasteiger partial charge in [0.05, 0.1) is 9.89 Å². The number of carbonyl (C=O) groups is 2. The Bertz CT molecular complexity index is 730. The molecular formula is C16H18BrNO5S. The highest BCUT2D eigenvalue weighted by Gasteiger charge is 2.34. The minimum Gasteiger partial charge on any atom is -0.461 e. The summed E-state index contributed by atoms with van der Waals surface area (Å²) in [5.41, 5.74) is 0.932. The molecule has 0 bridgehead atoms. The Morgan fingerprint density at radius 3 is 2.46 bits per heavy atom. The second kappa shape index (κ2) is 8.43. The molecule has 1 amide bonds. The lowest BCUT2D eigenvalue weighted by atomic mass is 10.2. The summed E-state index contributed by atoms with van der Waals surface area (Å²) < 4.78 is 29.4. The van der Waals surface area contributed by atoms with Crippen LogP contribution in [0.25, 0.3) is 0 Å². The fourth-order valence-corrected chi connectivity index (χ4v) is 4.46. The third-order valence-corrected chi connectivity index (χ3v) is 5.84. The average Bonchev–Trinajstić information content (AvgIpc) is 2.74. The van der Waals surface area contributed by atoms with E-state index in [0.29, 0.717) is 19.3 Å². The van der Waals surface area contributed by atoms with Gasteiger partial charge in [-0.2, -0.15) is 0 Å². The quantitative estimate of drug-likeness (QED) is 0.481. The number of halogens is 1. The molecule has 0 radical (unpaired) electrons. The lowest BCUT2D eigenvalue weighted by Gasteiger charge is -2.14. The first-order valence-corrected chi connectivity index (χ1v) is 9.83. The van der Waals surface area contributed by atoms with E-state index in [9.17, 15) is 18.0 Å². The molecular weight excluding hydrogens is 398 g/mol. The number of unbranched alkanes of at least 4 members (excludes halogenated alkanes) is 2. The van der Waals surface area contributed by atoms with Crippen LogP contribution in [0.4, 0.5) is 0 Å². The van der Waals surface area contributed by atoms with Crippen molar-refractivity contribution in [1.82, 2.24) is 4.31 Å². The molecule has 0 saturated carbocycles. The molecule has 6 nitrogen and oxygen atoms in total. The summed E-state index contributed by atoms with van der Waals surface area (Å²) in [5.74, 6) is -0.828. The lowest BCUT2D eigenvalue weighted by Crippen LogP contribution is -2.31. The Morgan fingerprint density at radius 1 is 1.12 bits per heavy atom. The Morgan fingerprint density at radius 2 is 1.83 bits per heavy atom. The van der Waals surface area contributed by atoms with Gasteiger partial charge >= 0.3 is 5.97 Å². The van der Waals surface area contributed by atoms with Crippen molar-refractivity contribution in [3.63, 3.8) is 0 Å². The predicted molar refractivity (Wildman–Crippen MR) is 92.3 cm³/mol. The van der Waals surface area contributed by atoms with Gasteiger partial charge in [-0.1, -0.05) is 36.8 Å². The molecule has 1 aromatic carbocycles. The lowest BCUT2D eigenvalue weighted by molar-refractivity contribution is -0.145. The van der Waals surface area contributed by atoms with Gasteiger partial charge in [0.1, 0.15) is 6.61 Å². The van der Waals surface area contributed by atoms with Gasteiger partial charge < -0.3 is 4.74 Å². The van der Waals surface area contributed by atoms with E-state index < -0.39 is 15.9 Å². The van der Waals surface area contributed by atoms with Gasteiger partial charge in [0.15, 0.2) is 0 Å². The van der Waals surface area contributed by atoms with Crippen LogP contribution in [0.2, 0.25) is 0 Å². The van der Waals surface area contributed by atoms with Crippen LogP contribution in [0, 0.1) is 0 Å². The molecule has 0 unspecified atom stereocenters. The Labute approximate surface area is 149 Å². The summed E-state index contributed by atoms with van der Waals surface area (Å²) in [5, 5.41) is 0.913. The third kappa shape index (κ3) is 5.17. The predicted octanol–water partition coefficient (Wildman–Crippen LogP) is 2.70. The Kier molecular flexibility index (Phi) is 6.56. The monoisotopic (exact) mass is 415 g/mol. The van der Waals surface area contributed by atoms with E-state index in [0.717, 1.165) is 15.3 Å². The first kappa shape index (κ1) is 18.7. The van der Waals surface area contributed by atoms with Crippen LogP contribution in [0.3, 0.4) is 0 Å². The number of carbonyl (C=O) groups excluding carboxylic acids is 2. The second-order valence-electron chi connectivity index (χ2n) is 5.34. The van der Waals surface area contributed by atoms with Crippen molar-refractivity contribution in [2.45, 2.75) is 32.3 Å². The molecule has 2 rings (SSSR count). The number of hydrogen-bond donors (Lipinski definition) is 0. The van der Waals surface area contributed by atoms with Crippen molar-refractivity contribution in [2.75, 3.05) is 6.54 Å². The van der Waals surface area contributed by atoms with Gasteiger partial charge in [-0.25, -0.2) is 12.7 Å². The van der Waals surface area contributed by atoms with Crippen molar-refractivity contribution in [3.05, 3.63) is 45.8 Å². The van der Waals surface area contributed by atoms with Crippen LogP contribution in [-0.4, -0.2) is 31.1 Å². The van der Waals surface area contributed by atoms with Crippen molar-refractivity contribution < 1.29 is 22.7 Å². The summed E-state index contributed by atoms with van der Waals surface area (Å²) in [6.45, 7) is 0.367. The van der Waals surface area contributed by atoms with Crippen LogP contribution in [-0.2, 0) is 31.0 Å². The highest BCUT2D eigenvalue weighted by atomic mass is 79.9. The van der Waals surface area contributed by atoms with Crippen LogP contribution in [0.5, 0.6) is 0 Å². The summed E-state index contributed by atoms with van der Waals surface area (Å²) in [7, 11) is -3.64. The highest BCUT2D eigenvalue weighted by molar-refractivity contribution is 9.12. The summed E-state index contributed by atoms with van der Waals surface area (Å²) in [6, 6.07) is 9.42. The second-order valence-corrected chi connectivity index (χ2v) is 7.91. The molecule has 1 aliphatic rings. The SMILES string of the molecule is O=C(CCCCCN1C(=O)C(Br)=CS1(=O)=O)OCc1ccccc1. The Hall–Kier alpha value is -1.67. The highest BCUT2D eigenvalue weighted by Crippen LogP contribution is 2.24. The first-order valence-electron chi connectivity index (χ1n) is 7.54. The third-order valence-electron chi connectivity index (χ3n) is 3.48.